The summed E-state index contributed by atoms with van der Waals surface area (Å²) in [6.07, 6.45) is 0. The highest BCUT2D eigenvalue weighted by Gasteiger charge is 2.22. The fourth-order valence-electron chi connectivity index (χ4n) is 1.76. The van der Waals surface area contributed by atoms with Crippen molar-refractivity contribution < 1.29 is 19.4 Å². The van der Waals surface area contributed by atoms with Gasteiger partial charge < -0.3 is 19.5 Å². The third-order valence-corrected chi connectivity index (χ3v) is 2.66. The van der Waals surface area contributed by atoms with Crippen LogP contribution >= 0.6 is 0 Å². The average Bonchev–Trinajstić information content (AvgIpc) is 2.34. The van der Waals surface area contributed by atoms with Crippen molar-refractivity contribution in [3.63, 3.8) is 0 Å². The zero-order chi connectivity index (χ0) is 13.7. The van der Waals surface area contributed by atoms with E-state index in [1.807, 2.05) is 19.0 Å². The Bertz CT molecular complexity index is 417. The fourth-order valence-corrected chi connectivity index (χ4v) is 1.76. The Balaban J connectivity index is 3.09. The van der Waals surface area contributed by atoms with Gasteiger partial charge in [-0.05, 0) is 31.8 Å². The van der Waals surface area contributed by atoms with Gasteiger partial charge in [0.2, 0.25) is 0 Å². The van der Waals surface area contributed by atoms with Crippen molar-refractivity contribution in [3.05, 3.63) is 23.8 Å². The first-order valence-electron chi connectivity index (χ1n) is 5.59. The Morgan fingerprint density at radius 2 is 1.89 bits per heavy atom. The van der Waals surface area contributed by atoms with Gasteiger partial charge in [0.15, 0.2) is 11.5 Å². The fraction of sp³-hybridized carbons (Fsp3) is 0.462. The molecule has 0 fully saturated rings. The normalized spacial score (nSPS) is 12.3. The number of methoxy groups -OCH3 is 2. The lowest BCUT2D eigenvalue weighted by Crippen LogP contribution is -2.26. The van der Waals surface area contributed by atoms with E-state index in [9.17, 15) is 9.90 Å². The molecule has 1 atom stereocenters. The molecule has 1 N–H and O–H groups in total. The second kappa shape index (κ2) is 6.26. The predicted molar refractivity (Wildman–Crippen MR) is 68.5 cm³/mol. The van der Waals surface area contributed by atoms with Gasteiger partial charge in [0.05, 0.1) is 20.1 Å². The summed E-state index contributed by atoms with van der Waals surface area (Å²) in [5.74, 6) is -0.300. The standard InChI is InChI=1S/C13H19NO4/c1-14(2)8-10(13(15)16)9-5-6-11(17-3)12(7-9)18-4/h5-7,10H,8H2,1-4H3,(H,15,16). The Morgan fingerprint density at radius 3 is 2.33 bits per heavy atom. The number of hydrogen-bond donors (Lipinski definition) is 1. The minimum absolute atomic E-state index is 0.435. The molecule has 0 aliphatic heterocycles. The van der Waals surface area contributed by atoms with Gasteiger partial charge in [-0.1, -0.05) is 6.07 Å². The zero-order valence-electron chi connectivity index (χ0n) is 11.1. The molecule has 0 saturated carbocycles. The molecule has 0 radical (unpaired) electrons. The summed E-state index contributed by atoms with van der Waals surface area (Å²) in [5.41, 5.74) is 0.703. The van der Waals surface area contributed by atoms with Crippen LogP contribution in [0.1, 0.15) is 11.5 Å². The van der Waals surface area contributed by atoms with E-state index in [-0.39, 0.29) is 0 Å². The van der Waals surface area contributed by atoms with Gasteiger partial charge in [-0.15, -0.1) is 0 Å². The largest absolute Gasteiger partial charge is 0.493 e. The smallest absolute Gasteiger partial charge is 0.312 e. The summed E-state index contributed by atoms with van der Waals surface area (Å²) in [4.78, 5) is 13.1. The first-order valence-corrected chi connectivity index (χ1v) is 5.59. The first-order chi connectivity index (χ1) is 8.49. The third-order valence-electron chi connectivity index (χ3n) is 2.66. The van der Waals surface area contributed by atoms with Crippen LogP contribution in [-0.2, 0) is 4.79 Å². The number of benzene rings is 1. The number of carboxylic acid groups (broad SMARTS) is 1. The molecule has 0 heterocycles. The lowest BCUT2D eigenvalue weighted by Gasteiger charge is -2.18. The zero-order valence-corrected chi connectivity index (χ0v) is 11.1. The molecular weight excluding hydrogens is 234 g/mol. The third kappa shape index (κ3) is 3.37. The quantitative estimate of drug-likeness (QED) is 0.831. The summed E-state index contributed by atoms with van der Waals surface area (Å²) < 4.78 is 10.3. The molecule has 0 saturated heterocycles. The Hall–Kier alpha value is -1.75. The van der Waals surface area contributed by atoms with Gasteiger partial charge in [0.1, 0.15) is 0 Å². The molecule has 1 rings (SSSR count). The molecule has 0 aromatic heterocycles. The second-order valence-corrected chi connectivity index (χ2v) is 4.27. The summed E-state index contributed by atoms with van der Waals surface area (Å²) in [7, 11) is 6.77. The molecule has 1 aromatic carbocycles. The van der Waals surface area contributed by atoms with E-state index < -0.39 is 11.9 Å². The highest BCUT2D eigenvalue weighted by molar-refractivity contribution is 5.76. The topological polar surface area (TPSA) is 59.0 Å². The van der Waals surface area contributed by atoms with Crippen molar-refractivity contribution in [2.45, 2.75) is 5.92 Å². The molecule has 1 unspecified atom stereocenters. The van der Waals surface area contributed by atoms with E-state index >= 15 is 0 Å². The van der Waals surface area contributed by atoms with Gasteiger partial charge >= 0.3 is 5.97 Å². The molecule has 0 bridgehead atoms. The van der Waals surface area contributed by atoms with Crippen molar-refractivity contribution in [1.29, 1.82) is 0 Å². The van der Waals surface area contributed by atoms with Crippen molar-refractivity contribution >= 4 is 5.97 Å². The van der Waals surface area contributed by atoms with Crippen LogP contribution in [0.2, 0.25) is 0 Å². The molecule has 5 nitrogen and oxygen atoms in total. The van der Waals surface area contributed by atoms with Crippen LogP contribution in [0.3, 0.4) is 0 Å². The number of hydrogen-bond acceptors (Lipinski definition) is 4. The lowest BCUT2D eigenvalue weighted by atomic mass is 9.98. The maximum atomic E-state index is 11.3. The minimum atomic E-state index is -0.851. The van der Waals surface area contributed by atoms with E-state index in [1.165, 1.54) is 7.11 Å². The van der Waals surface area contributed by atoms with Crippen molar-refractivity contribution in [3.8, 4) is 11.5 Å². The summed E-state index contributed by atoms with van der Waals surface area (Å²) >= 11 is 0. The average molecular weight is 253 g/mol. The van der Waals surface area contributed by atoms with E-state index in [1.54, 1.807) is 25.3 Å². The van der Waals surface area contributed by atoms with E-state index in [0.29, 0.717) is 23.6 Å². The number of rotatable bonds is 6. The Kier molecular flexibility index (Phi) is 4.97. The Labute approximate surface area is 107 Å². The van der Waals surface area contributed by atoms with Crippen LogP contribution in [0.4, 0.5) is 0 Å². The molecule has 5 heteroatoms. The highest BCUT2D eigenvalue weighted by Crippen LogP contribution is 2.30. The van der Waals surface area contributed by atoms with E-state index in [4.69, 9.17) is 9.47 Å². The van der Waals surface area contributed by atoms with Crippen molar-refractivity contribution in [2.24, 2.45) is 0 Å². The van der Waals surface area contributed by atoms with Crippen LogP contribution < -0.4 is 9.47 Å². The van der Waals surface area contributed by atoms with Gasteiger partial charge in [-0.2, -0.15) is 0 Å². The molecule has 0 aliphatic carbocycles. The molecule has 0 aliphatic rings. The molecule has 18 heavy (non-hydrogen) atoms. The summed E-state index contributed by atoms with van der Waals surface area (Å²) in [6, 6.07) is 5.19. The second-order valence-electron chi connectivity index (χ2n) is 4.27. The summed E-state index contributed by atoms with van der Waals surface area (Å²) in [5, 5.41) is 9.27. The van der Waals surface area contributed by atoms with Crippen molar-refractivity contribution in [2.75, 3.05) is 34.9 Å². The number of aliphatic carboxylic acids is 1. The number of nitrogens with zero attached hydrogens (tertiary/aromatic N) is 1. The van der Waals surface area contributed by atoms with Gasteiger partial charge in [0, 0.05) is 6.54 Å². The molecule has 1 aromatic rings. The minimum Gasteiger partial charge on any atom is -0.493 e. The van der Waals surface area contributed by atoms with Crippen LogP contribution in [-0.4, -0.2) is 50.8 Å². The van der Waals surface area contributed by atoms with Crippen LogP contribution in [0.15, 0.2) is 18.2 Å². The lowest BCUT2D eigenvalue weighted by molar-refractivity contribution is -0.139. The van der Waals surface area contributed by atoms with Crippen LogP contribution in [0.25, 0.3) is 0 Å². The number of ether oxygens (including phenoxy) is 2. The highest BCUT2D eigenvalue weighted by atomic mass is 16.5. The van der Waals surface area contributed by atoms with Gasteiger partial charge in [-0.25, -0.2) is 0 Å². The van der Waals surface area contributed by atoms with Crippen LogP contribution in [0.5, 0.6) is 11.5 Å². The van der Waals surface area contributed by atoms with Crippen LogP contribution in [0, 0.1) is 0 Å². The van der Waals surface area contributed by atoms with Gasteiger partial charge in [0.25, 0.3) is 0 Å². The molecule has 0 amide bonds. The van der Waals surface area contributed by atoms with E-state index in [2.05, 4.69) is 0 Å². The summed E-state index contributed by atoms with van der Waals surface area (Å²) in [6.45, 7) is 0.435. The number of carboxylic acids is 1. The molecular formula is C13H19NO4. The SMILES string of the molecule is COc1ccc(C(CN(C)C)C(=O)O)cc1OC. The molecule has 0 spiro atoms. The number of carbonyl (C=O) groups is 1. The monoisotopic (exact) mass is 253 g/mol. The number of likely N-dealkylation sites (N-methyl/N-ethyl adjacent to an activating group) is 1. The maximum absolute atomic E-state index is 11.3. The maximum Gasteiger partial charge on any atom is 0.312 e. The molecule has 100 valence electrons. The van der Waals surface area contributed by atoms with Gasteiger partial charge in [-0.3, -0.25) is 4.79 Å². The van der Waals surface area contributed by atoms with Crippen molar-refractivity contribution in [1.82, 2.24) is 4.90 Å². The Morgan fingerprint density at radius 1 is 1.28 bits per heavy atom. The first kappa shape index (κ1) is 14.3. The predicted octanol–water partition coefficient (Wildman–Crippen LogP) is 1.43. The van der Waals surface area contributed by atoms with E-state index in [0.717, 1.165) is 0 Å².